The lowest BCUT2D eigenvalue weighted by Crippen LogP contribution is -2.32. The van der Waals surface area contributed by atoms with Crippen LogP contribution in [0.15, 0.2) is 0 Å². The number of hydrogen-bond acceptors (Lipinski definition) is 2. The lowest BCUT2D eigenvalue weighted by molar-refractivity contribution is -0.123. The molecule has 1 saturated heterocycles. The lowest BCUT2D eigenvalue weighted by atomic mass is 9.79. The molecule has 3 heteroatoms. The maximum Gasteiger partial charge on any atom is 0.220 e. The van der Waals surface area contributed by atoms with E-state index in [1.807, 2.05) is 6.92 Å². The van der Waals surface area contributed by atoms with Gasteiger partial charge in [0.15, 0.2) is 0 Å². The first-order valence-corrected chi connectivity index (χ1v) is 5.00. The summed E-state index contributed by atoms with van der Waals surface area (Å²) in [6.07, 6.45) is 2.14. The Morgan fingerprint density at radius 1 is 1.38 bits per heavy atom. The average Bonchev–Trinajstić information content (AvgIpc) is 2.17. The minimum Gasteiger partial charge on any atom is -0.381 e. The lowest BCUT2D eigenvalue weighted by Gasteiger charge is -2.30. The third-order valence-electron chi connectivity index (χ3n) is 3.25. The molecule has 1 amide bonds. The van der Waals surface area contributed by atoms with Crippen molar-refractivity contribution in [1.82, 2.24) is 0 Å². The number of amides is 1. The summed E-state index contributed by atoms with van der Waals surface area (Å²) < 4.78 is 5.27. The number of rotatable bonds is 3. The Morgan fingerprint density at radius 3 is 2.38 bits per heavy atom. The number of hydrogen-bond donors (Lipinski definition) is 1. The van der Waals surface area contributed by atoms with E-state index in [0.29, 0.717) is 11.8 Å². The molecule has 1 rings (SSSR count). The molecular weight excluding hydrogens is 166 g/mol. The molecule has 0 bridgehead atoms. The maximum atomic E-state index is 11.0. The van der Waals surface area contributed by atoms with Crippen molar-refractivity contribution >= 4 is 5.91 Å². The van der Waals surface area contributed by atoms with Crippen LogP contribution in [-0.4, -0.2) is 19.1 Å². The van der Waals surface area contributed by atoms with Crippen molar-refractivity contribution in [3.8, 4) is 0 Å². The van der Waals surface area contributed by atoms with Gasteiger partial charge in [0.1, 0.15) is 0 Å². The highest BCUT2D eigenvalue weighted by Gasteiger charge is 2.27. The normalized spacial score (nSPS) is 23.8. The molecular formula is C10H19NO2. The Morgan fingerprint density at radius 2 is 1.92 bits per heavy atom. The first-order chi connectivity index (χ1) is 6.13. The fourth-order valence-corrected chi connectivity index (χ4v) is 1.91. The van der Waals surface area contributed by atoms with Crippen molar-refractivity contribution in [2.45, 2.75) is 26.7 Å². The SMILES string of the molecule is CC(C(N)=O)[C@@H](C)C1CCOCC1. The first kappa shape index (κ1) is 10.5. The smallest absolute Gasteiger partial charge is 0.220 e. The van der Waals surface area contributed by atoms with Gasteiger partial charge in [0, 0.05) is 19.1 Å². The largest absolute Gasteiger partial charge is 0.381 e. The molecule has 0 saturated carbocycles. The van der Waals surface area contributed by atoms with Gasteiger partial charge in [-0.2, -0.15) is 0 Å². The van der Waals surface area contributed by atoms with Crippen LogP contribution in [0.3, 0.4) is 0 Å². The molecule has 0 aromatic carbocycles. The van der Waals surface area contributed by atoms with E-state index in [2.05, 4.69) is 6.92 Å². The predicted octanol–water partition coefficient (Wildman–Crippen LogP) is 1.17. The zero-order valence-corrected chi connectivity index (χ0v) is 8.45. The molecule has 3 nitrogen and oxygen atoms in total. The average molecular weight is 185 g/mol. The molecule has 0 aromatic rings. The summed E-state index contributed by atoms with van der Waals surface area (Å²) in [4.78, 5) is 11.0. The highest BCUT2D eigenvalue weighted by atomic mass is 16.5. The van der Waals surface area contributed by atoms with Crippen molar-refractivity contribution < 1.29 is 9.53 Å². The van der Waals surface area contributed by atoms with Crippen LogP contribution in [0.2, 0.25) is 0 Å². The van der Waals surface area contributed by atoms with Crippen molar-refractivity contribution in [3.05, 3.63) is 0 Å². The summed E-state index contributed by atoms with van der Waals surface area (Å²) in [6, 6.07) is 0. The van der Waals surface area contributed by atoms with Gasteiger partial charge in [0.25, 0.3) is 0 Å². The molecule has 1 fully saturated rings. The van der Waals surface area contributed by atoms with Crippen molar-refractivity contribution in [1.29, 1.82) is 0 Å². The van der Waals surface area contributed by atoms with Crippen LogP contribution < -0.4 is 5.73 Å². The van der Waals surface area contributed by atoms with Gasteiger partial charge in [0.05, 0.1) is 0 Å². The Bertz CT molecular complexity index is 176. The van der Waals surface area contributed by atoms with Crippen molar-refractivity contribution in [2.75, 3.05) is 13.2 Å². The molecule has 0 spiro atoms. The van der Waals surface area contributed by atoms with Gasteiger partial charge in [0.2, 0.25) is 5.91 Å². The molecule has 2 N–H and O–H groups in total. The van der Waals surface area contributed by atoms with E-state index in [1.54, 1.807) is 0 Å². The zero-order valence-electron chi connectivity index (χ0n) is 8.45. The van der Waals surface area contributed by atoms with Gasteiger partial charge >= 0.3 is 0 Å². The van der Waals surface area contributed by atoms with Gasteiger partial charge in [-0.1, -0.05) is 13.8 Å². The topological polar surface area (TPSA) is 52.3 Å². The quantitative estimate of drug-likeness (QED) is 0.717. The second kappa shape index (κ2) is 4.61. The highest BCUT2D eigenvalue weighted by molar-refractivity contribution is 5.76. The van der Waals surface area contributed by atoms with Gasteiger partial charge in [-0.15, -0.1) is 0 Å². The second-order valence-corrected chi connectivity index (χ2v) is 4.00. The number of ether oxygens (including phenoxy) is 1. The Kier molecular flexibility index (Phi) is 3.72. The second-order valence-electron chi connectivity index (χ2n) is 4.00. The Balaban J connectivity index is 2.44. The van der Waals surface area contributed by atoms with Gasteiger partial charge in [-0.05, 0) is 24.7 Å². The Hall–Kier alpha value is -0.570. The van der Waals surface area contributed by atoms with E-state index in [4.69, 9.17) is 10.5 Å². The van der Waals surface area contributed by atoms with Gasteiger partial charge in [-0.3, -0.25) is 4.79 Å². The standard InChI is InChI=1S/C10H19NO2/c1-7(8(2)10(11)12)9-3-5-13-6-4-9/h7-9H,3-6H2,1-2H3,(H2,11,12)/t7-,8?/m1/s1. The molecule has 0 aromatic heterocycles. The number of nitrogens with two attached hydrogens (primary N) is 1. The van der Waals surface area contributed by atoms with Crippen LogP contribution in [0.1, 0.15) is 26.7 Å². The van der Waals surface area contributed by atoms with Crippen LogP contribution >= 0.6 is 0 Å². The first-order valence-electron chi connectivity index (χ1n) is 5.00. The minimum absolute atomic E-state index is 0.0110. The van der Waals surface area contributed by atoms with Crippen LogP contribution in [0.5, 0.6) is 0 Å². The summed E-state index contributed by atoms with van der Waals surface area (Å²) in [5.74, 6) is 0.805. The van der Waals surface area contributed by atoms with E-state index in [1.165, 1.54) is 0 Å². The van der Waals surface area contributed by atoms with Gasteiger partial charge in [-0.25, -0.2) is 0 Å². The molecule has 0 aliphatic carbocycles. The highest BCUT2D eigenvalue weighted by Crippen LogP contribution is 2.28. The van der Waals surface area contributed by atoms with Gasteiger partial charge < -0.3 is 10.5 Å². The monoisotopic (exact) mass is 185 g/mol. The van der Waals surface area contributed by atoms with E-state index in [0.717, 1.165) is 26.1 Å². The third kappa shape index (κ3) is 2.69. The van der Waals surface area contributed by atoms with Crippen LogP contribution in [-0.2, 0) is 9.53 Å². The van der Waals surface area contributed by atoms with Crippen LogP contribution in [0.25, 0.3) is 0 Å². The maximum absolute atomic E-state index is 11.0. The molecule has 1 unspecified atom stereocenters. The van der Waals surface area contributed by atoms with Crippen LogP contribution in [0, 0.1) is 17.8 Å². The molecule has 0 radical (unpaired) electrons. The number of carbonyl (C=O) groups excluding carboxylic acids is 1. The molecule has 1 heterocycles. The van der Waals surface area contributed by atoms with Crippen molar-refractivity contribution in [3.63, 3.8) is 0 Å². The number of carbonyl (C=O) groups is 1. The molecule has 2 atom stereocenters. The summed E-state index contributed by atoms with van der Waals surface area (Å²) in [6.45, 7) is 5.70. The summed E-state index contributed by atoms with van der Waals surface area (Å²) >= 11 is 0. The van der Waals surface area contributed by atoms with E-state index in [9.17, 15) is 4.79 Å². The number of primary amides is 1. The Labute approximate surface area is 79.6 Å². The fraction of sp³-hybridized carbons (Fsp3) is 0.900. The summed E-state index contributed by atoms with van der Waals surface area (Å²) in [5.41, 5.74) is 5.27. The zero-order chi connectivity index (χ0) is 9.84. The minimum atomic E-state index is -0.181. The van der Waals surface area contributed by atoms with Crippen molar-refractivity contribution in [2.24, 2.45) is 23.5 Å². The summed E-state index contributed by atoms with van der Waals surface area (Å²) in [7, 11) is 0. The van der Waals surface area contributed by atoms with E-state index < -0.39 is 0 Å². The predicted molar refractivity (Wildman–Crippen MR) is 51.1 cm³/mol. The fourth-order valence-electron chi connectivity index (χ4n) is 1.91. The molecule has 1 aliphatic rings. The molecule has 1 aliphatic heterocycles. The van der Waals surface area contributed by atoms with Crippen LogP contribution in [0.4, 0.5) is 0 Å². The third-order valence-corrected chi connectivity index (χ3v) is 3.25. The van der Waals surface area contributed by atoms with E-state index >= 15 is 0 Å². The summed E-state index contributed by atoms with van der Waals surface area (Å²) in [5, 5.41) is 0. The molecule has 13 heavy (non-hydrogen) atoms. The van der Waals surface area contributed by atoms with E-state index in [-0.39, 0.29) is 11.8 Å². The molecule has 76 valence electrons.